The molecule has 0 unspecified atom stereocenters. The number of carbonyl (C=O) groups is 1. The molecule has 0 atom stereocenters. The maximum atomic E-state index is 12.3. The van der Waals surface area contributed by atoms with Crippen LogP contribution in [0.1, 0.15) is 16.1 Å². The number of nitro benzene ring substituents is 1. The van der Waals surface area contributed by atoms with Gasteiger partial charge in [-0.1, -0.05) is 6.07 Å². The first-order valence-electron chi connectivity index (χ1n) is 6.06. The number of halogens is 1. The highest BCUT2D eigenvalue weighted by molar-refractivity contribution is 9.10. The van der Waals surface area contributed by atoms with Gasteiger partial charge in [0.1, 0.15) is 0 Å². The Kier molecular flexibility index (Phi) is 4.37. The number of non-ortho nitro benzene ring substituents is 1. The van der Waals surface area contributed by atoms with E-state index in [1.165, 1.54) is 23.1 Å². The predicted octanol–water partition coefficient (Wildman–Crippen LogP) is 2.36. The van der Waals surface area contributed by atoms with Gasteiger partial charge in [0.15, 0.2) is 0 Å². The van der Waals surface area contributed by atoms with Gasteiger partial charge >= 0.3 is 0 Å². The summed E-state index contributed by atoms with van der Waals surface area (Å²) in [7, 11) is 3.42. The third-order valence-corrected chi connectivity index (χ3v) is 3.71. The second-order valence-electron chi connectivity index (χ2n) is 4.53. The quantitative estimate of drug-likeness (QED) is 0.624. The second kappa shape index (κ2) is 6.04. The molecule has 1 heterocycles. The Labute approximate surface area is 129 Å². The van der Waals surface area contributed by atoms with Gasteiger partial charge in [-0.05, 0) is 22.0 Å². The van der Waals surface area contributed by atoms with Crippen LogP contribution in [-0.4, -0.2) is 32.6 Å². The number of aromatic nitrogens is 2. The number of hydrogen-bond acceptors (Lipinski definition) is 4. The fourth-order valence-corrected chi connectivity index (χ4v) is 2.36. The molecule has 0 fully saturated rings. The molecule has 0 N–H and O–H groups in total. The number of amides is 1. The van der Waals surface area contributed by atoms with Crippen molar-refractivity contribution in [3.05, 3.63) is 56.3 Å². The summed E-state index contributed by atoms with van der Waals surface area (Å²) in [5, 5.41) is 14.8. The van der Waals surface area contributed by atoms with E-state index < -0.39 is 4.92 Å². The highest BCUT2D eigenvalue weighted by atomic mass is 79.9. The number of nitrogens with zero attached hydrogens (tertiary/aromatic N) is 4. The first kappa shape index (κ1) is 15.2. The molecule has 1 aromatic carbocycles. The van der Waals surface area contributed by atoms with Crippen LogP contribution >= 0.6 is 15.9 Å². The van der Waals surface area contributed by atoms with Crippen molar-refractivity contribution in [3.8, 4) is 0 Å². The van der Waals surface area contributed by atoms with E-state index in [9.17, 15) is 14.9 Å². The molecule has 2 rings (SSSR count). The second-order valence-corrected chi connectivity index (χ2v) is 5.39. The topological polar surface area (TPSA) is 81.3 Å². The lowest BCUT2D eigenvalue weighted by Gasteiger charge is -2.17. The summed E-state index contributed by atoms with van der Waals surface area (Å²) in [4.78, 5) is 24.0. The van der Waals surface area contributed by atoms with Gasteiger partial charge in [0.2, 0.25) is 0 Å². The minimum absolute atomic E-state index is 0.101. The summed E-state index contributed by atoms with van der Waals surface area (Å²) in [5.74, 6) is -0.285. The molecule has 7 nitrogen and oxygen atoms in total. The van der Waals surface area contributed by atoms with Crippen molar-refractivity contribution in [2.75, 3.05) is 7.05 Å². The van der Waals surface area contributed by atoms with Crippen molar-refractivity contribution in [3.63, 3.8) is 0 Å². The third-order valence-electron chi connectivity index (χ3n) is 3.05. The monoisotopic (exact) mass is 352 g/mol. The average Bonchev–Trinajstić information content (AvgIpc) is 2.78. The van der Waals surface area contributed by atoms with Crippen molar-refractivity contribution < 1.29 is 9.72 Å². The molecule has 0 aliphatic rings. The van der Waals surface area contributed by atoms with Gasteiger partial charge in [-0.25, -0.2) is 0 Å². The van der Waals surface area contributed by atoms with Crippen molar-refractivity contribution in [2.24, 2.45) is 7.05 Å². The van der Waals surface area contributed by atoms with Gasteiger partial charge in [0.05, 0.1) is 27.8 Å². The molecule has 2 aromatic rings. The normalized spacial score (nSPS) is 10.4. The number of benzene rings is 1. The number of nitro groups is 1. The number of rotatable bonds is 4. The minimum atomic E-state index is -0.519. The van der Waals surface area contributed by atoms with E-state index in [2.05, 4.69) is 21.0 Å². The van der Waals surface area contributed by atoms with Crippen LogP contribution < -0.4 is 0 Å². The van der Waals surface area contributed by atoms with Crippen molar-refractivity contribution >= 4 is 27.5 Å². The zero-order valence-electron chi connectivity index (χ0n) is 11.5. The minimum Gasteiger partial charge on any atom is -0.336 e. The molecule has 21 heavy (non-hydrogen) atoms. The summed E-state index contributed by atoms with van der Waals surface area (Å²) in [5.41, 5.74) is 1.03. The highest BCUT2D eigenvalue weighted by Gasteiger charge is 2.17. The van der Waals surface area contributed by atoms with Gasteiger partial charge in [0, 0.05) is 31.8 Å². The van der Waals surface area contributed by atoms with E-state index in [-0.39, 0.29) is 17.2 Å². The zero-order valence-corrected chi connectivity index (χ0v) is 13.1. The van der Waals surface area contributed by atoms with Crippen LogP contribution in [0, 0.1) is 10.1 Å². The molecular formula is C13H13BrN4O3. The van der Waals surface area contributed by atoms with Crippen LogP contribution in [-0.2, 0) is 13.6 Å². The molecule has 0 aliphatic carbocycles. The lowest BCUT2D eigenvalue weighted by molar-refractivity contribution is -0.384. The Morgan fingerprint density at radius 2 is 2.24 bits per heavy atom. The van der Waals surface area contributed by atoms with Crippen LogP contribution in [0.2, 0.25) is 0 Å². The number of hydrogen-bond donors (Lipinski definition) is 0. The van der Waals surface area contributed by atoms with Crippen LogP contribution in [0.15, 0.2) is 34.9 Å². The van der Waals surface area contributed by atoms with Crippen LogP contribution in [0.4, 0.5) is 5.69 Å². The Morgan fingerprint density at radius 3 is 2.81 bits per heavy atom. The summed E-state index contributed by atoms with van der Waals surface area (Å²) < 4.78 is 2.48. The van der Waals surface area contributed by atoms with Gasteiger partial charge in [-0.15, -0.1) is 0 Å². The molecule has 8 heteroatoms. The van der Waals surface area contributed by atoms with E-state index in [1.807, 2.05) is 0 Å². The lowest BCUT2D eigenvalue weighted by Crippen LogP contribution is -2.27. The predicted molar refractivity (Wildman–Crippen MR) is 79.8 cm³/mol. The third kappa shape index (κ3) is 3.27. The molecule has 0 aliphatic heterocycles. The molecular weight excluding hydrogens is 340 g/mol. The smallest absolute Gasteiger partial charge is 0.270 e. The Bertz CT molecular complexity index is 679. The summed E-state index contributed by atoms with van der Waals surface area (Å²) in [6.07, 6.45) is 1.65. The van der Waals surface area contributed by atoms with E-state index in [0.717, 1.165) is 10.2 Å². The van der Waals surface area contributed by atoms with Crippen molar-refractivity contribution in [1.82, 2.24) is 14.7 Å². The maximum absolute atomic E-state index is 12.3. The molecule has 0 radical (unpaired) electrons. The first-order chi connectivity index (χ1) is 9.90. The largest absolute Gasteiger partial charge is 0.336 e. The summed E-state index contributed by atoms with van der Waals surface area (Å²) >= 11 is 3.37. The average molecular weight is 353 g/mol. The molecule has 0 saturated carbocycles. The Balaban J connectivity index is 2.20. The van der Waals surface area contributed by atoms with Gasteiger partial charge in [-0.2, -0.15) is 5.10 Å². The molecule has 0 spiro atoms. The van der Waals surface area contributed by atoms with Gasteiger partial charge in [0.25, 0.3) is 11.6 Å². The maximum Gasteiger partial charge on any atom is 0.270 e. The SMILES string of the molecule is CN(Cc1c(Br)cnn1C)C(=O)c1cccc([N+](=O)[O-])c1. The molecule has 0 bridgehead atoms. The van der Waals surface area contributed by atoms with E-state index >= 15 is 0 Å². The van der Waals surface area contributed by atoms with E-state index in [0.29, 0.717) is 6.54 Å². The summed E-state index contributed by atoms with van der Waals surface area (Å²) in [6, 6.07) is 5.69. The highest BCUT2D eigenvalue weighted by Crippen LogP contribution is 2.19. The molecule has 1 amide bonds. The van der Waals surface area contributed by atoms with Crippen LogP contribution in [0.5, 0.6) is 0 Å². The van der Waals surface area contributed by atoms with Crippen molar-refractivity contribution in [2.45, 2.75) is 6.54 Å². The number of aryl methyl sites for hydroxylation is 1. The van der Waals surface area contributed by atoms with Gasteiger partial charge in [-0.3, -0.25) is 19.6 Å². The van der Waals surface area contributed by atoms with Gasteiger partial charge < -0.3 is 4.90 Å². The first-order valence-corrected chi connectivity index (χ1v) is 6.85. The standard InChI is InChI=1S/C13H13BrN4O3/c1-16(8-12-11(14)7-15-17(12)2)13(19)9-4-3-5-10(6-9)18(20)21/h3-7H,8H2,1-2H3. The Hall–Kier alpha value is -2.22. The zero-order chi connectivity index (χ0) is 15.6. The Morgan fingerprint density at radius 1 is 1.52 bits per heavy atom. The molecule has 0 saturated heterocycles. The fourth-order valence-electron chi connectivity index (χ4n) is 1.88. The van der Waals surface area contributed by atoms with Crippen LogP contribution in [0.25, 0.3) is 0 Å². The number of carbonyl (C=O) groups excluding carboxylic acids is 1. The van der Waals surface area contributed by atoms with Crippen molar-refractivity contribution in [1.29, 1.82) is 0 Å². The summed E-state index contributed by atoms with van der Waals surface area (Å²) in [6.45, 7) is 0.346. The molecule has 110 valence electrons. The lowest BCUT2D eigenvalue weighted by atomic mass is 10.2. The van der Waals surface area contributed by atoms with E-state index in [4.69, 9.17) is 0 Å². The van der Waals surface area contributed by atoms with Crippen LogP contribution in [0.3, 0.4) is 0 Å². The molecule has 1 aromatic heterocycles. The van der Waals surface area contributed by atoms with E-state index in [1.54, 1.807) is 31.0 Å². The fraction of sp³-hybridized carbons (Fsp3) is 0.231.